The third kappa shape index (κ3) is 3.30. The molecule has 1 saturated heterocycles. The van der Waals surface area contributed by atoms with Crippen LogP contribution in [0.4, 0.5) is 0 Å². The van der Waals surface area contributed by atoms with E-state index in [0.717, 1.165) is 16.9 Å². The monoisotopic (exact) mass is 344 g/mol. The highest BCUT2D eigenvalue weighted by atomic mass is 32.1. The Morgan fingerprint density at radius 2 is 1.83 bits per heavy atom. The second-order valence-electron chi connectivity index (χ2n) is 5.45. The van der Waals surface area contributed by atoms with Crippen molar-refractivity contribution < 1.29 is 19.5 Å². The quantitative estimate of drug-likeness (QED) is 0.893. The third-order valence-electron chi connectivity index (χ3n) is 3.90. The highest BCUT2D eigenvalue weighted by Gasteiger charge is 2.31. The van der Waals surface area contributed by atoms with E-state index in [-0.39, 0.29) is 29.2 Å². The summed E-state index contributed by atoms with van der Waals surface area (Å²) in [5, 5.41) is 11.8. The van der Waals surface area contributed by atoms with Crippen LogP contribution in [0.25, 0.3) is 0 Å². The van der Waals surface area contributed by atoms with Gasteiger partial charge in [0, 0.05) is 13.1 Å². The van der Waals surface area contributed by atoms with Gasteiger partial charge in [0.25, 0.3) is 5.91 Å². The zero-order valence-corrected chi connectivity index (χ0v) is 13.6. The molecule has 0 aliphatic carbocycles. The fraction of sp³-hybridized carbons (Fsp3) is 0.235. The zero-order chi connectivity index (χ0) is 17.1. The molecule has 2 heterocycles. The van der Waals surface area contributed by atoms with Gasteiger partial charge < -0.3 is 15.3 Å². The molecule has 6 nitrogen and oxygen atoms in total. The van der Waals surface area contributed by atoms with Gasteiger partial charge in [-0.05, 0) is 17.7 Å². The first-order chi connectivity index (χ1) is 11.6. The predicted molar refractivity (Wildman–Crippen MR) is 89.1 cm³/mol. The summed E-state index contributed by atoms with van der Waals surface area (Å²) in [4.78, 5) is 38.0. The molecule has 1 aromatic heterocycles. The van der Waals surface area contributed by atoms with Gasteiger partial charge in [0.05, 0.1) is 17.3 Å². The number of carboxylic acid groups (broad SMARTS) is 1. The Kier molecular flexibility index (Phi) is 4.61. The van der Waals surface area contributed by atoms with Crippen molar-refractivity contribution in [2.45, 2.75) is 12.5 Å². The van der Waals surface area contributed by atoms with Gasteiger partial charge in [-0.25, -0.2) is 4.79 Å². The number of amides is 2. The van der Waals surface area contributed by atoms with Crippen LogP contribution in [-0.2, 0) is 4.79 Å². The molecule has 124 valence electrons. The first kappa shape index (κ1) is 16.2. The highest BCUT2D eigenvalue weighted by molar-refractivity contribution is 7.15. The van der Waals surface area contributed by atoms with Gasteiger partial charge >= 0.3 is 5.97 Å². The van der Waals surface area contributed by atoms with E-state index in [2.05, 4.69) is 5.32 Å². The van der Waals surface area contributed by atoms with Gasteiger partial charge in [0.1, 0.15) is 4.88 Å². The smallest absolute Gasteiger partial charge is 0.345 e. The summed E-state index contributed by atoms with van der Waals surface area (Å²) in [6.07, 6.45) is 0.187. The van der Waals surface area contributed by atoms with Crippen molar-refractivity contribution in [3.8, 4) is 0 Å². The number of benzene rings is 1. The van der Waals surface area contributed by atoms with Crippen molar-refractivity contribution in [3.63, 3.8) is 0 Å². The minimum Gasteiger partial charge on any atom is -0.477 e. The van der Waals surface area contributed by atoms with Gasteiger partial charge in [-0.15, -0.1) is 11.3 Å². The molecule has 2 aromatic rings. The SMILES string of the molecule is O=C1CC(c2ccccc2)N(C(=O)c2ccc(C(=O)O)s2)CCN1. The van der Waals surface area contributed by atoms with Crippen LogP contribution in [-0.4, -0.2) is 40.9 Å². The van der Waals surface area contributed by atoms with Crippen molar-refractivity contribution in [1.82, 2.24) is 10.2 Å². The van der Waals surface area contributed by atoms with E-state index in [1.165, 1.54) is 12.1 Å². The largest absolute Gasteiger partial charge is 0.477 e. The highest BCUT2D eigenvalue weighted by Crippen LogP contribution is 2.29. The van der Waals surface area contributed by atoms with Gasteiger partial charge in [0.2, 0.25) is 5.91 Å². The van der Waals surface area contributed by atoms with E-state index < -0.39 is 5.97 Å². The Bertz CT molecular complexity index is 772. The van der Waals surface area contributed by atoms with Gasteiger partial charge in [0.15, 0.2) is 0 Å². The lowest BCUT2D eigenvalue weighted by molar-refractivity contribution is -0.121. The Morgan fingerprint density at radius 3 is 2.50 bits per heavy atom. The number of nitrogens with one attached hydrogen (secondary N) is 1. The molecule has 1 aliphatic rings. The molecule has 3 rings (SSSR count). The van der Waals surface area contributed by atoms with Crippen LogP contribution in [0.2, 0.25) is 0 Å². The number of carbonyl (C=O) groups excluding carboxylic acids is 2. The average molecular weight is 344 g/mol. The van der Waals surface area contributed by atoms with Gasteiger partial charge in [-0.3, -0.25) is 9.59 Å². The number of rotatable bonds is 3. The number of aromatic carboxylic acids is 1. The lowest BCUT2D eigenvalue weighted by Crippen LogP contribution is -2.36. The minimum absolute atomic E-state index is 0.100. The molecule has 0 bridgehead atoms. The lowest BCUT2D eigenvalue weighted by Gasteiger charge is -2.29. The van der Waals surface area contributed by atoms with Gasteiger partial charge in [-0.1, -0.05) is 30.3 Å². The molecule has 1 fully saturated rings. The molecule has 0 saturated carbocycles. The molecule has 1 aliphatic heterocycles. The summed E-state index contributed by atoms with van der Waals surface area (Å²) in [6.45, 7) is 0.759. The number of hydrogen-bond acceptors (Lipinski definition) is 4. The summed E-state index contributed by atoms with van der Waals surface area (Å²) in [5.41, 5.74) is 0.887. The molecule has 0 radical (unpaired) electrons. The molecular weight excluding hydrogens is 328 g/mol. The summed E-state index contributed by atoms with van der Waals surface area (Å²) < 4.78 is 0. The minimum atomic E-state index is -1.05. The standard InChI is InChI=1S/C17H16N2O4S/c20-15-10-12(11-4-2-1-3-5-11)19(9-8-18-15)16(21)13-6-7-14(24-13)17(22)23/h1-7,12H,8-10H2,(H,18,20)(H,22,23). The number of hydrogen-bond donors (Lipinski definition) is 2. The van der Waals surface area contributed by atoms with Crippen molar-refractivity contribution in [2.75, 3.05) is 13.1 Å². The summed E-state index contributed by atoms with van der Waals surface area (Å²) in [6, 6.07) is 12.0. The van der Waals surface area contributed by atoms with E-state index in [0.29, 0.717) is 18.0 Å². The topological polar surface area (TPSA) is 86.7 Å². The average Bonchev–Trinajstić information content (AvgIpc) is 3.00. The number of carbonyl (C=O) groups is 3. The lowest BCUT2D eigenvalue weighted by atomic mass is 10.0. The first-order valence-corrected chi connectivity index (χ1v) is 8.33. The fourth-order valence-corrected chi connectivity index (χ4v) is 3.56. The summed E-state index contributed by atoms with van der Waals surface area (Å²) in [7, 11) is 0. The second-order valence-corrected chi connectivity index (χ2v) is 6.53. The maximum atomic E-state index is 12.9. The maximum Gasteiger partial charge on any atom is 0.345 e. The predicted octanol–water partition coefficient (Wildman–Crippen LogP) is 2.15. The van der Waals surface area contributed by atoms with Crippen molar-refractivity contribution in [1.29, 1.82) is 0 Å². The van der Waals surface area contributed by atoms with Crippen LogP contribution >= 0.6 is 11.3 Å². The van der Waals surface area contributed by atoms with E-state index in [9.17, 15) is 14.4 Å². The molecule has 1 unspecified atom stereocenters. The van der Waals surface area contributed by atoms with Crippen LogP contribution in [0.3, 0.4) is 0 Å². The Labute approximate surface area is 142 Å². The van der Waals surface area contributed by atoms with Crippen molar-refractivity contribution in [2.24, 2.45) is 0 Å². The number of nitrogens with zero attached hydrogens (tertiary/aromatic N) is 1. The summed E-state index contributed by atoms with van der Waals surface area (Å²) >= 11 is 0.951. The van der Waals surface area contributed by atoms with Gasteiger partial charge in [-0.2, -0.15) is 0 Å². The van der Waals surface area contributed by atoms with Crippen LogP contribution in [0.5, 0.6) is 0 Å². The third-order valence-corrected chi connectivity index (χ3v) is 4.96. The van der Waals surface area contributed by atoms with E-state index in [1.54, 1.807) is 4.90 Å². The Hall–Kier alpha value is -2.67. The molecule has 1 aromatic carbocycles. The molecule has 2 amide bonds. The number of carboxylic acids is 1. The molecule has 2 N–H and O–H groups in total. The van der Waals surface area contributed by atoms with Crippen LogP contribution in [0.1, 0.15) is 37.4 Å². The molecule has 7 heteroatoms. The van der Waals surface area contributed by atoms with Crippen molar-refractivity contribution in [3.05, 3.63) is 57.8 Å². The van der Waals surface area contributed by atoms with E-state index >= 15 is 0 Å². The first-order valence-electron chi connectivity index (χ1n) is 7.52. The Morgan fingerprint density at radius 1 is 1.12 bits per heavy atom. The van der Waals surface area contributed by atoms with Crippen molar-refractivity contribution >= 4 is 29.1 Å². The fourth-order valence-electron chi connectivity index (χ4n) is 2.75. The Balaban J connectivity index is 1.93. The summed E-state index contributed by atoms with van der Waals surface area (Å²) in [5.74, 6) is -1.40. The zero-order valence-electron chi connectivity index (χ0n) is 12.8. The van der Waals surface area contributed by atoms with Crippen LogP contribution < -0.4 is 5.32 Å². The van der Waals surface area contributed by atoms with E-state index in [1.807, 2.05) is 30.3 Å². The number of thiophene rings is 1. The molecular formula is C17H16N2O4S. The molecule has 0 spiro atoms. The van der Waals surface area contributed by atoms with E-state index in [4.69, 9.17) is 5.11 Å². The molecule has 24 heavy (non-hydrogen) atoms. The normalized spacial score (nSPS) is 17.9. The van der Waals surface area contributed by atoms with Crippen LogP contribution in [0, 0.1) is 0 Å². The van der Waals surface area contributed by atoms with Crippen LogP contribution in [0.15, 0.2) is 42.5 Å². The maximum absolute atomic E-state index is 12.9. The molecule has 1 atom stereocenters. The second kappa shape index (κ2) is 6.84.